The Balaban J connectivity index is 1.46. The predicted molar refractivity (Wildman–Crippen MR) is 95.8 cm³/mol. The van der Waals surface area contributed by atoms with Crippen LogP contribution in [-0.4, -0.2) is 51.7 Å². The van der Waals surface area contributed by atoms with Crippen molar-refractivity contribution in [2.24, 2.45) is 5.41 Å². The van der Waals surface area contributed by atoms with Gasteiger partial charge in [-0.25, -0.2) is 13.8 Å². The number of amides is 2. The van der Waals surface area contributed by atoms with Crippen molar-refractivity contribution in [1.29, 1.82) is 0 Å². The van der Waals surface area contributed by atoms with Gasteiger partial charge in [0.05, 0.1) is 17.1 Å². The molecule has 0 unspecified atom stereocenters. The lowest BCUT2D eigenvalue weighted by Gasteiger charge is -2.23. The van der Waals surface area contributed by atoms with Crippen molar-refractivity contribution in [1.82, 2.24) is 20.2 Å². The Labute approximate surface area is 167 Å². The number of nitrogens with zero attached hydrogens (tertiary/aromatic N) is 2. The molecular weight excluding hydrogens is 411 g/mol. The highest BCUT2D eigenvalue weighted by Crippen LogP contribution is 2.65. The third-order valence-corrected chi connectivity index (χ3v) is 5.93. The van der Waals surface area contributed by atoms with E-state index >= 15 is 0 Å². The molecule has 162 valence electrons. The van der Waals surface area contributed by atoms with Gasteiger partial charge in [-0.2, -0.15) is 13.2 Å². The minimum atomic E-state index is -4.61. The Morgan fingerprint density at radius 2 is 2.03 bits per heavy atom. The molecule has 2 N–H and O–H groups in total. The van der Waals surface area contributed by atoms with Gasteiger partial charge in [0.15, 0.2) is 0 Å². The number of aromatic nitrogens is 2. The molecule has 0 aromatic carbocycles. The Hall–Kier alpha value is -2.72. The fraction of sp³-hybridized carbons (Fsp3) is 0.526. The maximum absolute atomic E-state index is 13.6. The summed E-state index contributed by atoms with van der Waals surface area (Å²) in [5.41, 5.74) is -2.00. The highest BCUT2D eigenvalue weighted by atomic mass is 19.4. The molecule has 2 amide bonds. The molecule has 1 aliphatic heterocycles. The van der Waals surface area contributed by atoms with E-state index in [0.717, 1.165) is 12.3 Å². The molecule has 2 fully saturated rings. The predicted octanol–water partition coefficient (Wildman–Crippen LogP) is 3.35. The summed E-state index contributed by atoms with van der Waals surface area (Å²) >= 11 is 0. The van der Waals surface area contributed by atoms with Crippen LogP contribution in [0.4, 0.5) is 22.0 Å². The smallest absolute Gasteiger partial charge is 0.349 e. The molecule has 2 aromatic rings. The van der Waals surface area contributed by atoms with E-state index in [1.807, 2.05) is 0 Å². The number of pyridine rings is 1. The SMILES string of the molecule is CC[C@@H](NC(=O)c1cc2cc(C(F)(F)F)ncc2[nH]1)C(=O)N1CC[C@@]2(C1)CC2(F)F. The number of alkyl halides is 5. The van der Waals surface area contributed by atoms with Crippen molar-refractivity contribution in [2.75, 3.05) is 13.1 Å². The van der Waals surface area contributed by atoms with Gasteiger partial charge in [0.25, 0.3) is 11.8 Å². The van der Waals surface area contributed by atoms with Crippen LogP contribution in [0, 0.1) is 5.41 Å². The number of hydrogen-bond donors (Lipinski definition) is 2. The van der Waals surface area contributed by atoms with E-state index in [1.165, 1.54) is 11.0 Å². The third kappa shape index (κ3) is 3.39. The molecular formula is C19H19F5N4O2. The summed E-state index contributed by atoms with van der Waals surface area (Å²) in [6, 6.07) is 1.15. The quantitative estimate of drug-likeness (QED) is 0.731. The second-order valence-corrected chi connectivity index (χ2v) is 7.94. The zero-order valence-electron chi connectivity index (χ0n) is 15.9. The van der Waals surface area contributed by atoms with Crippen LogP contribution in [-0.2, 0) is 11.0 Å². The Morgan fingerprint density at radius 1 is 1.33 bits per heavy atom. The van der Waals surface area contributed by atoms with Gasteiger partial charge in [0.1, 0.15) is 17.4 Å². The van der Waals surface area contributed by atoms with E-state index in [1.54, 1.807) is 6.92 Å². The highest BCUT2D eigenvalue weighted by Gasteiger charge is 2.73. The normalized spacial score (nSPS) is 23.7. The van der Waals surface area contributed by atoms with Crippen LogP contribution >= 0.6 is 0 Å². The molecule has 0 radical (unpaired) electrons. The summed E-state index contributed by atoms with van der Waals surface area (Å²) in [7, 11) is 0. The summed E-state index contributed by atoms with van der Waals surface area (Å²) in [4.78, 5) is 32.6. The maximum Gasteiger partial charge on any atom is 0.433 e. The lowest BCUT2D eigenvalue weighted by atomic mass is 10.1. The number of fused-ring (bicyclic) bond motifs is 1. The molecule has 6 nitrogen and oxygen atoms in total. The maximum atomic E-state index is 13.6. The summed E-state index contributed by atoms with van der Waals surface area (Å²) in [5, 5.41) is 2.69. The molecule has 2 aliphatic rings. The minimum absolute atomic E-state index is 0.0241. The van der Waals surface area contributed by atoms with Gasteiger partial charge in [-0.15, -0.1) is 0 Å². The average Bonchev–Trinajstić information content (AvgIpc) is 3.04. The fourth-order valence-electron chi connectivity index (χ4n) is 3.99. The molecule has 0 bridgehead atoms. The molecule has 1 saturated carbocycles. The number of H-pyrrole nitrogens is 1. The first kappa shape index (κ1) is 20.5. The van der Waals surface area contributed by atoms with Crippen LogP contribution in [0.25, 0.3) is 10.9 Å². The van der Waals surface area contributed by atoms with Crippen LogP contribution in [0.3, 0.4) is 0 Å². The standard InChI is InChI=1S/C19H19F5N4O2/c1-2-11(16(30)28-4-3-17(9-28)8-18(17,20)21)27-15(29)12-5-10-6-14(19(22,23)24)25-7-13(10)26-12/h5-7,11,26H,2-4,8-9H2,1H3,(H,27,29)/t11-,17+/m1/s1. The highest BCUT2D eigenvalue weighted by molar-refractivity contribution is 6.00. The summed E-state index contributed by atoms with van der Waals surface area (Å²) in [6.07, 6.45) is -3.39. The lowest BCUT2D eigenvalue weighted by Crippen LogP contribution is -2.47. The van der Waals surface area contributed by atoms with Crippen LogP contribution in [0.2, 0.25) is 0 Å². The fourth-order valence-corrected chi connectivity index (χ4v) is 3.99. The topological polar surface area (TPSA) is 78.1 Å². The lowest BCUT2D eigenvalue weighted by molar-refractivity contribution is -0.141. The minimum Gasteiger partial charge on any atom is -0.349 e. The molecule has 30 heavy (non-hydrogen) atoms. The van der Waals surface area contributed by atoms with Crippen molar-refractivity contribution in [3.63, 3.8) is 0 Å². The van der Waals surface area contributed by atoms with Crippen molar-refractivity contribution in [3.05, 3.63) is 29.7 Å². The van der Waals surface area contributed by atoms with Gasteiger partial charge in [0, 0.05) is 24.9 Å². The van der Waals surface area contributed by atoms with E-state index in [-0.39, 0.29) is 48.9 Å². The Morgan fingerprint density at radius 3 is 2.60 bits per heavy atom. The van der Waals surface area contributed by atoms with Crippen LogP contribution < -0.4 is 5.32 Å². The number of hydrogen-bond acceptors (Lipinski definition) is 3. The van der Waals surface area contributed by atoms with Gasteiger partial charge in [-0.3, -0.25) is 9.59 Å². The molecule has 1 spiro atoms. The number of carbonyl (C=O) groups excluding carboxylic acids is 2. The summed E-state index contributed by atoms with van der Waals surface area (Å²) < 4.78 is 65.5. The van der Waals surface area contributed by atoms with Crippen LogP contribution in [0.1, 0.15) is 42.4 Å². The third-order valence-electron chi connectivity index (χ3n) is 5.93. The number of halogens is 5. The molecule has 4 rings (SSSR count). The molecule has 1 aliphatic carbocycles. The average molecular weight is 430 g/mol. The Bertz CT molecular complexity index is 1020. The van der Waals surface area contributed by atoms with Crippen molar-refractivity contribution in [3.8, 4) is 0 Å². The van der Waals surface area contributed by atoms with Gasteiger partial charge in [-0.1, -0.05) is 6.92 Å². The van der Waals surface area contributed by atoms with E-state index < -0.39 is 41.1 Å². The van der Waals surface area contributed by atoms with Gasteiger partial charge < -0.3 is 15.2 Å². The largest absolute Gasteiger partial charge is 0.433 e. The first-order chi connectivity index (χ1) is 14.0. The molecule has 11 heteroatoms. The van der Waals surface area contributed by atoms with E-state index in [0.29, 0.717) is 0 Å². The van der Waals surface area contributed by atoms with Crippen molar-refractivity contribution < 1.29 is 31.5 Å². The van der Waals surface area contributed by atoms with Crippen molar-refractivity contribution in [2.45, 2.75) is 44.3 Å². The second-order valence-electron chi connectivity index (χ2n) is 7.94. The number of likely N-dealkylation sites (tertiary alicyclic amines) is 1. The van der Waals surface area contributed by atoms with Crippen LogP contribution in [0.15, 0.2) is 18.3 Å². The molecule has 3 heterocycles. The van der Waals surface area contributed by atoms with E-state index in [2.05, 4.69) is 15.3 Å². The second kappa shape index (κ2) is 6.64. The zero-order valence-corrected chi connectivity index (χ0v) is 15.9. The Kier molecular flexibility index (Phi) is 4.55. The number of rotatable bonds is 4. The number of aromatic amines is 1. The first-order valence-corrected chi connectivity index (χ1v) is 9.49. The zero-order chi connectivity index (χ0) is 21.9. The van der Waals surface area contributed by atoms with Crippen LogP contribution in [0.5, 0.6) is 0 Å². The van der Waals surface area contributed by atoms with Gasteiger partial charge >= 0.3 is 6.18 Å². The monoisotopic (exact) mass is 430 g/mol. The molecule has 2 aromatic heterocycles. The molecule has 1 saturated heterocycles. The first-order valence-electron chi connectivity index (χ1n) is 9.49. The summed E-state index contributed by atoms with van der Waals surface area (Å²) in [6.45, 7) is 1.84. The van der Waals surface area contributed by atoms with Crippen molar-refractivity contribution >= 4 is 22.7 Å². The summed E-state index contributed by atoms with van der Waals surface area (Å²) in [5.74, 6) is -3.87. The van der Waals surface area contributed by atoms with E-state index in [4.69, 9.17) is 0 Å². The molecule has 2 atom stereocenters. The number of carbonyl (C=O) groups is 2. The number of nitrogens with one attached hydrogen (secondary N) is 2. The van der Waals surface area contributed by atoms with Gasteiger partial charge in [-0.05, 0) is 25.0 Å². The van der Waals surface area contributed by atoms with Gasteiger partial charge in [0.2, 0.25) is 5.91 Å². The van der Waals surface area contributed by atoms with E-state index in [9.17, 15) is 31.5 Å².